The summed E-state index contributed by atoms with van der Waals surface area (Å²) < 4.78 is 0. The van der Waals surface area contributed by atoms with Gasteiger partial charge in [0.25, 0.3) is 0 Å². The van der Waals surface area contributed by atoms with E-state index >= 15 is 0 Å². The van der Waals surface area contributed by atoms with Gasteiger partial charge < -0.3 is 10.2 Å². The number of benzene rings is 7. The van der Waals surface area contributed by atoms with E-state index in [1.54, 1.807) is 0 Å². The van der Waals surface area contributed by atoms with Gasteiger partial charge >= 0.3 is 0 Å². The van der Waals surface area contributed by atoms with Gasteiger partial charge in [0.05, 0.1) is 28.5 Å². The van der Waals surface area contributed by atoms with Crippen molar-refractivity contribution >= 4 is 39.7 Å². The molecule has 4 nitrogen and oxygen atoms in total. The maximum atomic E-state index is 5.28. The van der Waals surface area contributed by atoms with E-state index in [0.717, 1.165) is 46.9 Å². The molecule has 0 amide bonds. The Kier molecular flexibility index (Phi) is 8.56. The molecule has 0 radical (unpaired) electrons. The van der Waals surface area contributed by atoms with E-state index in [1.165, 1.54) is 67.0 Å². The van der Waals surface area contributed by atoms with Gasteiger partial charge in [-0.1, -0.05) is 164 Å². The van der Waals surface area contributed by atoms with Crippen molar-refractivity contribution < 1.29 is 0 Å². The summed E-state index contributed by atoms with van der Waals surface area (Å²) in [5.74, 6) is 0.880. The third-order valence-electron chi connectivity index (χ3n) is 13.0. The van der Waals surface area contributed by atoms with Crippen molar-refractivity contribution in [1.29, 1.82) is 0 Å². The summed E-state index contributed by atoms with van der Waals surface area (Å²) >= 11 is 0. The molecule has 8 aromatic rings. The van der Waals surface area contributed by atoms with Crippen LogP contribution in [0.15, 0.2) is 224 Å². The standard InChI is InChI=1S/C58H42N4/c1-4-17-39(18-5-1)52-38-53(40-19-6-2-7-20-40)61-57(60-52)45-24-15-23-43(36-45)41-21-14-22-42(35-41)44-32-33-47-48-27-16-34-59-56(48)58(51(47)37-44)49-28-10-12-30-54(49)62(46-25-8-3-9-26-46)55-31-13-11-29-50(55)58/h1-13,15-20,22-38,52H,14,21H2,(H,60,61). The molecule has 0 bridgehead atoms. The normalized spacial score (nSPS) is 16.7. The Bertz CT molecular complexity index is 3110. The molecular weight excluding hydrogens is 753 g/mol. The fourth-order valence-electron chi connectivity index (χ4n) is 10.3. The second kappa shape index (κ2) is 14.7. The lowest BCUT2D eigenvalue weighted by atomic mass is 9.66. The molecule has 2 aliphatic heterocycles. The minimum absolute atomic E-state index is 0.0938. The number of amidine groups is 1. The Morgan fingerprint density at radius 3 is 2.00 bits per heavy atom. The molecule has 4 aliphatic rings. The lowest BCUT2D eigenvalue weighted by Crippen LogP contribution is -2.36. The molecule has 12 rings (SSSR count). The van der Waals surface area contributed by atoms with Crippen LogP contribution in [0.5, 0.6) is 0 Å². The van der Waals surface area contributed by atoms with Crippen LogP contribution in [0, 0.1) is 0 Å². The molecule has 1 unspecified atom stereocenters. The van der Waals surface area contributed by atoms with Crippen LogP contribution in [0.25, 0.3) is 28.0 Å². The van der Waals surface area contributed by atoms with E-state index in [4.69, 9.17) is 9.98 Å². The van der Waals surface area contributed by atoms with Crippen molar-refractivity contribution in [3.63, 3.8) is 0 Å². The lowest BCUT2D eigenvalue weighted by molar-refractivity contribution is 0.725. The number of aromatic nitrogens is 1. The summed E-state index contributed by atoms with van der Waals surface area (Å²) in [6.45, 7) is 0. The van der Waals surface area contributed by atoms with Gasteiger partial charge in [0.2, 0.25) is 0 Å². The van der Waals surface area contributed by atoms with Crippen molar-refractivity contribution in [2.75, 3.05) is 4.90 Å². The molecule has 62 heavy (non-hydrogen) atoms. The SMILES string of the molecule is C1=C(c2ccc3c(c2)C2(c4ccccc4N(c4ccccc4)c4ccccc42)c2ncccc2-3)C=C(c2cccc(C3=NC(c4ccccc4)C=C(c4ccccc4)N3)c2)CC1. The molecule has 4 heteroatoms. The van der Waals surface area contributed by atoms with E-state index < -0.39 is 5.41 Å². The highest BCUT2D eigenvalue weighted by molar-refractivity contribution is 6.05. The maximum Gasteiger partial charge on any atom is 0.133 e. The first-order chi connectivity index (χ1) is 30.7. The summed E-state index contributed by atoms with van der Waals surface area (Å²) in [6.07, 6.45) is 11.0. The summed E-state index contributed by atoms with van der Waals surface area (Å²) in [5.41, 5.74) is 19.6. The van der Waals surface area contributed by atoms with Gasteiger partial charge in [-0.05, 0) is 117 Å². The Morgan fingerprint density at radius 1 is 0.548 bits per heavy atom. The molecule has 0 saturated heterocycles. The van der Waals surface area contributed by atoms with E-state index in [-0.39, 0.29) is 6.04 Å². The highest BCUT2D eigenvalue weighted by atomic mass is 15.2. The quantitative estimate of drug-likeness (QED) is 0.182. The highest BCUT2D eigenvalue weighted by Crippen LogP contribution is 2.63. The van der Waals surface area contributed by atoms with Crippen LogP contribution in [-0.2, 0) is 5.41 Å². The first kappa shape index (κ1) is 36.1. The van der Waals surface area contributed by atoms with Crippen molar-refractivity contribution in [2.24, 2.45) is 4.99 Å². The summed E-state index contributed by atoms with van der Waals surface area (Å²) in [7, 11) is 0. The number of para-hydroxylation sites is 3. The van der Waals surface area contributed by atoms with Crippen LogP contribution < -0.4 is 10.2 Å². The van der Waals surface area contributed by atoms with Gasteiger partial charge in [-0.25, -0.2) is 0 Å². The molecule has 7 aromatic carbocycles. The van der Waals surface area contributed by atoms with E-state index in [1.807, 2.05) is 6.20 Å². The fourth-order valence-corrected chi connectivity index (χ4v) is 10.3. The predicted octanol–water partition coefficient (Wildman–Crippen LogP) is 13.6. The van der Waals surface area contributed by atoms with E-state index in [2.05, 4.69) is 223 Å². The van der Waals surface area contributed by atoms with Crippen LogP contribution >= 0.6 is 0 Å². The zero-order valence-electron chi connectivity index (χ0n) is 34.1. The van der Waals surface area contributed by atoms with Crippen molar-refractivity contribution in [3.8, 4) is 11.1 Å². The molecule has 294 valence electrons. The molecule has 2 aliphatic carbocycles. The van der Waals surface area contributed by atoms with Crippen LogP contribution in [0.4, 0.5) is 17.1 Å². The average molecular weight is 795 g/mol. The number of allylic oxidation sites excluding steroid dienone is 4. The van der Waals surface area contributed by atoms with Gasteiger partial charge in [-0.3, -0.25) is 9.98 Å². The van der Waals surface area contributed by atoms with Crippen LogP contribution in [0.1, 0.15) is 69.1 Å². The number of nitrogens with one attached hydrogen (secondary N) is 1. The van der Waals surface area contributed by atoms with Gasteiger partial charge in [0.15, 0.2) is 0 Å². The van der Waals surface area contributed by atoms with Gasteiger partial charge in [0, 0.05) is 28.7 Å². The third-order valence-corrected chi connectivity index (χ3v) is 13.0. The van der Waals surface area contributed by atoms with Crippen LogP contribution in [0.3, 0.4) is 0 Å². The Morgan fingerprint density at radius 2 is 1.23 bits per heavy atom. The summed E-state index contributed by atoms with van der Waals surface area (Å²) in [6, 6.07) is 70.0. The Balaban J connectivity index is 0.953. The topological polar surface area (TPSA) is 40.5 Å². The first-order valence-corrected chi connectivity index (χ1v) is 21.6. The second-order valence-electron chi connectivity index (χ2n) is 16.5. The van der Waals surface area contributed by atoms with Gasteiger partial charge in [0.1, 0.15) is 5.84 Å². The Labute approximate surface area is 362 Å². The van der Waals surface area contributed by atoms with Gasteiger partial charge in [-0.2, -0.15) is 0 Å². The number of anilines is 3. The number of rotatable bonds is 6. The van der Waals surface area contributed by atoms with Crippen molar-refractivity contribution in [1.82, 2.24) is 10.3 Å². The minimum Gasteiger partial charge on any atom is -0.340 e. The number of fused-ring (bicyclic) bond motifs is 9. The number of hydrogen-bond donors (Lipinski definition) is 1. The number of hydrogen-bond acceptors (Lipinski definition) is 4. The summed E-state index contributed by atoms with van der Waals surface area (Å²) in [5, 5.41) is 3.71. The smallest absolute Gasteiger partial charge is 0.133 e. The highest BCUT2D eigenvalue weighted by Gasteiger charge is 2.53. The third kappa shape index (κ3) is 5.75. The molecule has 0 saturated carbocycles. The number of aliphatic imine (C=N–C) groups is 1. The zero-order valence-corrected chi connectivity index (χ0v) is 34.1. The predicted molar refractivity (Wildman–Crippen MR) is 255 cm³/mol. The fraction of sp³-hybridized carbons (Fsp3) is 0.0690. The molecule has 3 heterocycles. The maximum absolute atomic E-state index is 5.28. The largest absolute Gasteiger partial charge is 0.340 e. The number of nitrogens with zero attached hydrogens (tertiary/aromatic N) is 3. The lowest BCUT2D eigenvalue weighted by Gasteiger charge is -2.44. The van der Waals surface area contributed by atoms with Crippen LogP contribution in [0.2, 0.25) is 0 Å². The monoisotopic (exact) mass is 794 g/mol. The average Bonchev–Trinajstić information content (AvgIpc) is 3.65. The molecule has 1 spiro atoms. The zero-order chi connectivity index (χ0) is 41.0. The van der Waals surface area contributed by atoms with Gasteiger partial charge in [-0.15, -0.1) is 0 Å². The van der Waals surface area contributed by atoms with Crippen LogP contribution in [-0.4, -0.2) is 10.8 Å². The molecular formula is C58H42N4. The molecule has 1 N–H and O–H groups in total. The van der Waals surface area contributed by atoms with Crippen molar-refractivity contribution in [3.05, 3.63) is 269 Å². The van der Waals surface area contributed by atoms with E-state index in [0.29, 0.717) is 0 Å². The first-order valence-electron chi connectivity index (χ1n) is 21.6. The number of pyridine rings is 1. The Hall–Kier alpha value is -7.82. The van der Waals surface area contributed by atoms with E-state index in [9.17, 15) is 0 Å². The summed E-state index contributed by atoms with van der Waals surface area (Å²) in [4.78, 5) is 13.0. The molecule has 0 fully saturated rings. The second-order valence-corrected chi connectivity index (χ2v) is 16.5. The molecule has 1 aromatic heterocycles. The van der Waals surface area contributed by atoms with Crippen molar-refractivity contribution in [2.45, 2.75) is 24.3 Å². The molecule has 1 atom stereocenters. The minimum atomic E-state index is -0.602.